The van der Waals surface area contributed by atoms with Crippen molar-refractivity contribution in [1.82, 2.24) is 0 Å². The molecule has 0 aromatic carbocycles. The van der Waals surface area contributed by atoms with Gasteiger partial charge in [0.15, 0.2) is 23.1 Å². The number of carbonyl (C=O) groups is 4. The molecule has 0 saturated heterocycles. The molecule has 2 N–H and O–H groups in total. The predicted octanol–water partition coefficient (Wildman–Crippen LogP) is 21.4. The van der Waals surface area contributed by atoms with Gasteiger partial charge in [0.25, 0.3) is 0 Å². The zero-order valence-corrected chi connectivity index (χ0v) is 55.5. The van der Waals surface area contributed by atoms with Crippen molar-refractivity contribution in [2.75, 3.05) is 0 Å². The number of carbonyl (C=O) groups excluding carboxylic acids is 4. The molecule has 8 unspecified atom stereocenters. The van der Waals surface area contributed by atoms with E-state index in [0.29, 0.717) is 58.6 Å². The summed E-state index contributed by atoms with van der Waals surface area (Å²) in [5.74, 6) is 6.82. The molecule has 466 valence electrons. The number of aliphatic hydroxyl groups excluding tert-OH is 2. The Kier molecular flexibility index (Phi) is 43.5. The second kappa shape index (κ2) is 46.3. The van der Waals surface area contributed by atoms with Crippen molar-refractivity contribution in [2.24, 2.45) is 47.3 Å². The van der Waals surface area contributed by atoms with Crippen LogP contribution in [0.25, 0.3) is 0 Å². The fraction of sp³-hybridized carbons (Fsp3) is 0.787. The molecule has 0 spiro atoms. The molecule has 0 amide bonds. The van der Waals surface area contributed by atoms with Crippen LogP contribution in [0.4, 0.5) is 0 Å². The molecule has 6 heteroatoms. The minimum absolute atomic E-state index is 0.167. The van der Waals surface area contributed by atoms with E-state index in [0.717, 1.165) is 76.0 Å². The fourth-order valence-electron chi connectivity index (χ4n) is 13.6. The molecular weight excluding hydrogens is 997 g/mol. The predicted molar refractivity (Wildman–Crippen MR) is 349 cm³/mol. The largest absolute Gasteiger partial charge is 0.389 e. The lowest BCUT2D eigenvalue weighted by molar-refractivity contribution is -0.116. The normalized spacial score (nSPS) is 24.6. The van der Waals surface area contributed by atoms with Gasteiger partial charge in [-0.1, -0.05) is 217 Å². The topological polar surface area (TPSA) is 109 Å². The Labute approximate surface area is 501 Å². The molecule has 0 heterocycles. The van der Waals surface area contributed by atoms with Crippen LogP contribution in [0.15, 0.2) is 69.9 Å². The third kappa shape index (κ3) is 41.7. The Balaban J connectivity index is 0.000000487. The van der Waals surface area contributed by atoms with Crippen molar-refractivity contribution in [3.05, 3.63) is 69.9 Å². The molecule has 0 radical (unpaired) electrons. The molecule has 0 aliphatic heterocycles. The lowest BCUT2D eigenvalue weighted by Crippen LogP contribution is -2.18. The van der Waals surface area contributed by atoms with Crippen LogP contribution in [0.3, 0.4) is 0 Å². The van der Waals surface area contributed by atoms with Gasteiger partial charge in [0.2, 0.25) is 0 Å². The Bertz CT molecular complexity index is 1920. The number of hydrogen-bond acceptors (Lipinski definition) is 6. The lowest BCUT2D eigenvalue weighted by Gasteiger charge is -2.25. The fourth-order valence-corrected chi connectivity index (χ4v) is 13.6. The van der Waals surface area contributed by atoms with Gasteiger partial charge in [-0.15, -0.1) is 0 Å². The molecule has 0 saturated carbocycles. The van der Waals surface area contributed by atoms with E-state index in [1.54, 1.807) is 6.08 Å². The summed E-state index contributed by atoms with van der Waals surface area (Å²) < 4.78 is 0. The van der Waals surface area contributed by atoms with Crippen molar-refractivity contribution in [3.8, 4) is 0 Å². The first kappa shape index (κ1) is 76.1. The van der Waals surface area contributed by atoms with Crippen molar-refractivity contribution in [2.45, 2.75) is 334 Å². The summed E-state index contributed by atoms with van der Waals surface area (Å²) in [6.07, 6.45) is 53.2. The van der Waals surface area contributed by atoms with Crippen LogP contribution in [0.5, 0.6) is 0 Å². The van der Waals surface area contributed by atoms with Gasteiger partial charge < -0.3 is 10.2 Å². The molecule has 0 fully saturated rings. The van der Waals surface area contributed by atoms with Gasteiger partial charge in [0.05, 0.1) is 12.2 Å². The van der Waals surface area contributed by atoms with E-state index in [2.05, 4.69) is 96.9 Å². The van der Waals surface area contributed by atoms with Gasteiger partial charge >= 0.3 is 0 Å². The highest BCUT2D eigenvalue weighted by atomic mass is 16.3. The van der Waals surface area contributed by atoms with E-state index in [-0.39, 0.29) is 12.2 Å². The van der Waals surface area contributed by atoms with E-state index in [1.165, 1.54) is 194 Å². The maximum Gasteiger partial charge on any atom is 0.155 e. The molecule has 6 nitrogen and oxygen atoms in total. The third-order valence-corrected chi connectivity index (χ3v) is 17.1. The van der Waals surface area contributed by atoms with Crippen LogP contribution in [0, 0.1) is 47.3 Å². The van der Waals surface area contributed by atoms with Crippen LogP contribution in [0.1, 0.15) is 322 Å². The molecule has 0 bridgehead atoms. The van der Waals surface area contributed by atoms with Gasteiger partial charge in [-0.3, -0.25) is 19.2 Å². The highest BCUT2D eigenvalue weighted by molar-refractivity contribution is 5.92. The Morgan fingerprint density at radius 3 is 0.914 bits per heavy atom. The zero-order valence-electron chi connectivity index (χ0n) is 55.5. The first-order chi connectivity index (χ1) is 38.5. The van der Waals surface area contributed by atoms with Crippen LogP contribution in [-0.2, 0) is 19.2 Å². The average molecular weight is 1130 g/mol. The number of ketones is 4. The monoisotopic (exact) mass is 1130 g/mol. The van der Waals surface area contributed by atoms with Crippen molar-refractivity contribution < 1.29 is 29.4 Å². The van der Waals surface area contributed by atoms with E-state index >= 15 is 0 Å². The standard InChI is InChI=1S/C14H26O.C14H24O.C13H22O.C12H20O.C11H20O.C11H18O/c2*1-3-4-5-6-7-8-13-9-12(2)10-14(15)11-13;1-3-4-5-6-7-12-8-11(2)9-13(14)10-12;1-3-4-5-6-11-7-10(2)8-12(13)9-11;2*1-8(2)4-10-5-9(3)6-11(12)7-10/h10,13-15H,3-9,11H2,1-2H3;10,13H,3-9,11H2,1-2H3;9,12H,3-8,10H2,1-2H3;8,11H,3-7,9H2,1-2H3;6,8,10-12H,4-5,7H2,1-3H3;6,8,10H,4-5,7H2,1-3H3. The van der Waals surface area contributed by atoms with E-state index < -0.39 is 0 Å². The first-order valence-corrected chi connectivity index (χ1v) is 34.0. The lowest BCUT2D eigenvalue weighted by atomic mass is 9.83. The average Bonchev–Trinajstić information content (AvgIpc) is 3.34. The number of aliphatic hydroxyl groups is 2. The van der Waals surface area contributed by atoms with Gasteiger partial charge in [0, 0.05) is 25.7 Å². The van der Waals surface area contributed by atoms with Crippen LogP contribution >= 0.6 is 0 Å². The van der Waals surface area contributed by atoms with Gasteiger partial charge in [0.1, 0.15) is 0 Å². The highest BCUT2D eigenvalue weighted by Crippen LogP contribution is 2.32. The quantitative estimate of drug-likeness (QED) is 0.0696. The summed E-state index contributed by atoms with van der Waals surface area (Å²) in [4.78, 5) is 45.1. The Morgan fingerprint density at radius 2 is 0.580 bits per heavy atom. The number of rotatable bonds is 25. The van der Waals surface area contributed by atoms with E-state index in [4.69, 9.17) is 0 Å². The smallest absolute Gasteiger partial charge is 0.155 e. The van der Waals surface area contributed by atoms with Gasteiger partial charge in [-0.25, -0.2) is 0 Å². The number of hydrogen-bond donors (Lipinski definition) is 2. The summed E-state index contributed by atoms with van der Waals surface area (Å²) in [7, 11) is 0. The summed E-state index contributed by atoms with van der Waals surface area (Å²) in [5, 5.41) is 19.1. The summed E-state index contributed by atoms with van der Waals surface area (Å²) >= 11 is 0. The van der Waals surface area contributed by atoms with E-state index in [9.17, 15) is 29.4 Å². The Hall–Kier alpha value is -2.96. The molecule has 6 rings (SSSR count). The minimum atomic E-state index is -0.178. The van der Waals surface area contributed by atoms with E-state index in [1.807, 2.05) is 30.4 Å². The first-order valence-electron chi connectivity index (χ1n) is 34.0. The summed E-state index contributed by atoms with van der Waals surface area (Å²) in [6, 6.07) is 0. The number of allylic oxidation sites excluding steroid dienone is 10. The summed E-state index contributed by atoms with van der Waals surface area (Å²) in [5.41, 5.74) is 7.84. The van der Waals surface area contributed by atoms with Gasteiger partial charge in [-0.05, 0) is 197 Å². The molecule has 6 aliphatic rings. The molecule has 0 aromatic heterocycles. The van der Waals surface area contributed by atoms with Crippen molar-refractivity contribution in [3.63, 3.8) is 0 Å². The SMILES string of the molecule is CC1=CC(=O)CC(CC(C)C)C1.CC1=CC(O)CC(CC(C)C)C1.CCCCCC1CC(=O)C=C(C)C1.CCCCCCC1CC(=O)C=C(C)C1.CCCCCCCC1CC(=O)C=C(C)C1.CCCCCCCC1CC(C)=CC(O)C1. The highest BCUT2D eigenvalue weighted by Gasteiger charge is 2.23. The molecule has 81 heavy (non-hydrogen) atoms. The summed E-state index contributed by atoms with van der Waals surface area (Å²) in [6.45, 7) is 30.5. The van der Waals surface area contributed by atoms with Gasteiger partial charge in [-0.2, -0.15) is 0 Å². The molecule has 8 atom stereocenters. The Morgan fingerprint density at radius 1 is 0.333 bits per heavy atom. The molecule has 6 aliphatic carbocycles. The molecular formula is C75H130O6. The maximum atomic E-state index is 11.3. The zero-order chi connectivity index (χ0) is 60.5. The second-order valence-corrected chi connectivity index (χ2v) is 27.7. The second-order valence-electron chi connectivity index (χ2n) is 27.7. The van der Waals surface area contributed by atoms with Crippen molar-refractivity contribution in [1.29, 1.82) is 0 Å². The molecule has 0 aromatic rings. The van der Waals surface area contributed by atoms with Crippen LogP contribution in [0.2, 0.25) is 0 Å². The van der Waals surface area contributed by atoms with Crippen LogP contribution in [-0.4, -0.2) is 45.6 Å². The maximum absolute atomic E-state index is 11.3. The van der Waals surface area contributed by atoms with Crippen LogP contribution < -0.4 is 0 Å². The number of unbranched alkanes of at least 4 members (excludes halogenated alkanes) is 13. The minimum Gasteiger partial charge on any atom is -0.389 e. The van der Waals surface area contributed by atoms with Crippen molar-refractivity contribution >= 4 is 23.1 Å². The third-order valence-electron chi connectivity index (χ3n) is 17.1.